The van der Waals surface area contributed by atoms with Gasteiger partial charge in [-0.3, -0.25) is 4.79 Å². The van der Waals surface area contributed by atoms with Gasteiger partial charge in [0.2, 0.25) is 10.0 Å². The van der Waals surface area contributed by atoms with E-state index in [9.17, 15) is 13.2 Å². The second kappa shape index (κ2) is 6.21. The van der Waals surface area contributed by atoms with Crippen LogP contribution in [0.2, 0.25) is 0 Å². The Kier molecular flexibility index (Phi) is 5.59. The van der Waals surface area contributed by atoms with Gasteiger partial charge in [-0.25, -0.2) is 13.1 Å². The zero-order chi connectivity index (χ0) is 14.8. The first kappa shape index (κ1) is 17.1. The van der Waals surface area contributed by atoms with Crippen LogP contribution in [0.4, 0.5) is 0 Å². The minimum Gasteiger partial charge on any atom is -0.481 e. The molecule has 0 unspecified atom stereocenters. The van der Waals surface area contributed by atoms with Crippen LogP contribution in [-0.2, 0) is 14.8 Å². The molecule has 1 rings (SSSR count). The molecule has 9 heteroatoms. The van der Waals surface area contributed by atoms with Crippen molar-refractivity contribution in [1.29, 1.82) is 0 Å². The predicted octanol–water partition coefficient (Wildman–Crippen LogP) is 3.19. The number of rotatable bonds is 6. The lowest BCUT2D eigenvalue weighted by molar-refractivity contribution is -0.137. The van der Waals surface area contributed by atoms with Crippen molar-refractivity contribution in [2.24, 2.45) is 0 Å². The first-order chi connectivity index (χ1) is 8.53. The molecule has 0 amide bonds. The molecule has 0 fully saturated rings. The second-order valence-corrected chi connectivity index (χ2v) is 9.97. The number of hydrogen-bond donors (Lipinski definition) is 2. The summed E-state index contributed by atoms with van der Waals surface area (Å²) in [5.41, 5.74) is -0.828. The lowest BCUT2D eigenvalue weighted by atomic mass is 10.0. The molecule has 2 N–H and O–H groups in total. The Morgan fingerprint density at radius 2 is 2.05 bits per heavy atom. The normalized spacial score (nSPS) is 12.6. The molecule has 0 aromatic carbocycles. The van der Waals surface area contributed by atoms with Gasteiger partial charge < -0.3 is 5.11 Å². The van der Waals surface area contributed by atoms with Gasteiger partial charge in [0, 0.05) is 12.0 Å². The average Bonchev–Trinajstić information content (AvgIpc) is 2.54. The van der Waals surface area contributed by atoms with E-state index in [1.54, 1.807) is 13.8 Å². The van der Waals surface area contributed by atoms with Crippen LogP contribution < -0.4 is 4.72 Å². The molecule has 1 heterocycles. The third-order valence-electron chi connectivity index (χ3n) is 2.29. The lowest BCUT2D eigenvalue weighted by Gasteiger charge is -2.25. The van der Waals surface area contributed by atoms with Crippen molar-refractivity contribution >= 4 is 59.2 Å². The molecule has 108 valence electrons. The fourth-order valence-corrected chi connectivity index (χ4v) is 6.65. The van der Waals surface area contributed by atoms with Gasteiger partial charge in [0.15, 0.2) is 0 Å². The molecule has 0 spiro atoms. The Bertz CT molecular complexity index is 580. The van der Waals surface area contributed by atoms with Crippen molar-refractivity contribution in [3.63, 3.8) is 0 Å². The zero-order valence-corrected chi connectivity index (χ0v) is 15.0. The summed E-state index contributed by atoms with van der Waals surface area (Å²) in [6.45, 7) is 3.31. The van der Waals surface area contributed by atoms with Crippen molar-refractivity contribution in [2.45, 2.75) is 37.1 Å². The highest BCUT2D eigenvalue weighted by atomic mass is 79.9. The van der Waals surface area contributed by atoms with Crippen molar-refractivity contribution in [3.05, 3.63) is 13.6 Å². The minimum absolute atomic E-state index is 0.0932. The van der Waals surface area contributed by atoms with E-state index in [1.807, 2.05) is 0 Å². The van der Waals surface area contributed by atoms with E-state index in [4.69, 9.17) is 5.11 Å². The maximum atomic E-state index is 12.2. The number of hydrogen-bond acceptors (Lipinski definition) is 4. The molecule has 0 aliphatic heterocycles. The van der Waals surface area contributed by atoms with Gasteiger partial charge in [-0.2, -0.15) is 0 Å². The molecule has 0 bridgehead atoms. The van der Waals surface area contributed by atoms with Crippen molar-refractivity contribution in [2.75, 3.05) is 0 Å². The number of carboxylic acids is 1. The zero-order valence-electron chi connectivity index (χ0n) is 10.2. The topological polar surface area (TPSA) is 83.5 Å². The summed E-state index contributed by atoms with van der Waals surface area (Å²) in [6.07, 6.45) is 0.120. The molecule has 5 nitrogen and oxygen atoms in total. The summed E-state index contributed by atoms with van der Waals surface area (Å²) < 4.78 is 28.2. The fraction of sp³-hybridized carbons (Fsp3) is 0.500. The quantitative estimate of drug-likeness (QED) is 0.719. The smallest absolute Gasteiger partial charge is 0.303 e. The molecule has 1 aromatic heterocycles. The molecular formula is C10H13Br2NO4S2. The van der Waals surface area contributed by atoms with Gasteiger partial charge in [-0.15, -0.1) is 11.3 Å². The molecule has 0 radical (unpaired) electrons. The number of thiophene rings is 1. The van der Waals surface area contributed by atoms with E-state index in [-0.39, 0.29) is 17.7 Å². The van der Waals surface area contributed by atoms with E-state index in [0.717, 1.165) is 0 Å². The highest BCUT2D eigenvalue weighted by Crippen LogP contribution is 2.35. The number of carboxylic acid groups (broad SMARTS) is 1. The Hall–Kier alpha value is 0.0400. The minimum atomic E-state index is -3.69. The standard InChI is InChI=1S/C10H13Br2NO4S2/c1-10(2,4-3-8(14)15)13-19(16,17)6-5-7(11)18-9(6)12/h5,13H,3-4H2,1-2H3,(H,14,15). The lowest BCUT2D eigenvalue weighted by Crippen LogP contribution is -2.43. The van der Waals surface area contributed by atoms with Crippen LogP contribution in [0.3, 0.4) is 0 Å². The number of aliphatic carboxylic acids is 1. The Morgan fingerprint density at radius 3 is 2.47 bits per heavy atom. The molecule has 0 saturated carbocycles. The van der Waals surface area contributed by atoms with Gasteiger partial charge in [0.1, 0.15) is 4.90 Å². The van der Waals surface area contributed by atoms with Gasteiger partial charge in [-0.1, -0.05) is 0 Å². The Labute approximate surface area is 132 Å². The average molecular weight is 435 g/mol. The highest BCUT2D eigenvalue weighted by molar-refractivity contribution is 9.12. The summed E-state index contributed by atoms with van der Waals surface area (Å²) in [5.74, 6) is -0.952. The van der Waals surface area contributed by atoms with Crippen molar-refractivity contribution < 1.29 is 18.3 Å². The molecule has 0 atom stereocenters. The van der Waals surface area contributed by atoms with Gasteiger partial charge in [0.25, 0.3) is 0 Å². The fourth-order valence-electron chi connectivity index (χ4n) is 1.40. The largest absolute Gasteiger partial charge is 0.481 e. The van der Waals surface area contributed by atoms with Gasteiger partial charge in [0.05, 0.1) is 7.57 Å². The number of halogens is 2. The van der Waals surface area contributed by atoms with Crippen LogP contribution >= 0.6 is 43.2 Å². The van der Waals surface area contributed by atoms with E-state index < -0.39 is 21.5 Å². The highest BCUT2D eigenvalue weighted by Gasteiger charge is 2.29. The predicted molar refractivity (Wildman–Crippen MR) is 81.0 cm³/mol. The van der Waals surface area contributed by atoms with Gasteiger partial charge in [-0.05, 0) is 58.2 Å². The number of nitrogens with one attached hydrogen (secondary N) is 1. The Morgan fingerprint density at radius 1 is 1.47 bits per heavy atom. The molecule has 1 aromatic rings. The van der Waals surface area contributed by atoms with E-state index in [1.165, 1.54) is 17.4 Å². The van der Waals surface area contributed by atoms with Crippen molar-refractivity contribution in [1.82, 2.24) is 4.72 Å². The summed E-state index contributed by atoms with van der Waals surface area (Å²) in [5, 5.41) is 8.65. The van der Waals surface area contributed by atoms with E-state index in [2.05, 4.69) is 36.6 Å². The first-order valence-corrected chi connectivity index (χ1v) is 9.13. The van der Waals surface area contributed by atoms with Crippen LogP contribution in [0.5, 0.6) is 0 Å². The SMILES string of the molecule is CC(C)(CCC(=O)O)NS(=O)(=O)c1cc(Br)sc1Br. The Balaban J connectivity index is 2.90. The molecular weight excluding hydrogens is 422 g/mol. The van der Waals surface area contributed by atoms with E-state index in [0.29, 0.717) is 7.57 Å². The number of sulfonamides is 1. The van der Waals surface area contributed by atoms with Crippen LogP contribution in [0.1, 0.15) is 26.7 Å². The maximum Gasteiger partial charge on any atom is 0.303 e. The second-order valence-electron chi connectivity index (χ2n) is 4.57. The summed E-state index contributed by atoms with van der Waals surface area (Å²) in [6, 6.07) is 1.50. The molecule has 0 aliphatic rings. The summed E-state index contributed by atoms with van der Waals surface area (Å²) >= 11 is 7.68. The molecule has 0 saturated heterocycles. The molecule has 19 heavy (non-hydrogen) atoms. The third kappa shape index (κ3) is 5.14. The molecule has 0 aliphatic carbocycles. The maximum absolute atomic E-state index is 12.2. The number of carbonyl (C=O) groups is 1. The van der Waals surface area contributed by atoms with E-state index >= 15 is 0 Å². The first-order valence-electron chi connectivity index (χ1n) is 5.24. The third-order valence-corrected chi connectivity index (χ3v) is 6.74. The van der Waals surface area contributed by atoms with Gasteiger partial charge >= 0.3 is 5.97 Å². The van der Waals surface area contributed by atoms with Crippen LogP contribution in [0.25, 0.3) is 0 Å². The monoisotopic (exact) mass is 433 g/mol. The summed E-state index contributed by atoms with van der Waals surface area (Å²) in [4.78, 5) is 10.7. The van der Waals surface area contributed by atoms with Crippen molar-refractivity contribution in [3.8, 4) is 0 Å². The van der Waals surface area contributed by atoms with Crippen LogP contribution in [-0.4, -0.2) is 25.0 Å². The van der Waals surface area contributed by atoms with Crippen LogP contribution in [0.15, 0.2) is 18.5 Å². The van der Waals surface area contributed by atoms with Crippen LogP contribution in [0, 0.1) is 0 Å². The summed E-state index contributed by atoms with van der Waals surface area (Å²) in [7, 11) is -3.69.